The number of phenolic OH excluding ortho intramolecular Hbond substituents is 1. The number of ether oxygens (including phenoxy) is 1. The minimum Gasteiger partial charge on any atom is -0.508 e. The van der Waals surface area contributed by atoms with E-state index in [1.165, 1.54) is 25.3 Å². The quantitative estimate of drug-likeness (QED) is 0.668. The van der Waals surface area contributed by atoms with Gasteiger partial charge in [-0.15, -0.1) is 0 Å². The normalized spacial score (nSPS) is 11.8. The number of rotatable bonds is 4. The number of carbonyl (C=O) groups excluding carboxylic acids is 1. The summed E-state index contributed by atoms with van der Waals surface area (Å²) in [6, 6.07) is 10.8. The number of hydrogen-bond donors (Lipinski definition) is 2. The summed E-state index contributed by atoms with van der Waals surface area (Å²) < 4.78 is 27.1. The lowest BCUT2D eigenvalue weighted by Gasteiger charge is -2.22. The van der Waals surface area contributed by atoms with Gasteiger partial charge in [-0.2, -0.15) is 0 Å². The van der Waals surface area contributed by atoms with Gasteiger partial charge in [0.2, 0.25) is 0 Å². The lowest BCUT2D eigenvalue weighted by atomic mass is 10.1. The number of benzene rings is 2. The molecule has 116 valence electrons. The van der Waals surface area contributed by atoms with Gasteiger partial charge in [0, 0.05) is 0 Å². The summed E-state index contributed by atoms with van der Waals surface area (Å²) in [6.07, 6.45) is 0. The highest BCUT2D eigenvalue weighted by molar-refractivity contribution is 7.81. The molecule has 0 bridgehead atoms. The second-order valence-electron chi connectivity index (χ2n) is 4.55. The molecule has 0 saturated carbocycles. The van der Waals surface area contributed by atoms with Crippen LogP contribution in [0.3, 0.4) is 0 Å². The van der Waals surface area contributed by atoms with Crippen molar-refractivity contribution in [2.24, 2.45) is 0 Å². The summed E-state index contributed by atoms with van der Waals surface area (Å²) in [7, 11) is 1.20. The number of aromatic hydroxyl groups is 1. The van der Waals surface area contributed by atoms with Gasteiger partial charge in [0.15, 0.2) is 0 Å². The molecular weight excluding hydrogens is 306 g/mol. The van der Waals surface area contributed by atoms with E-state index in [0.717, 1.165) is 9.87 Å². The maximum Gasteiger partial charge on any atom is 0.340 e. The molecule has 0 fully saturated rings. The van der Waals surface area contributed by atoms with Crippen molar-refractivity contribution in [1.82, 2.24) is 0 Å². The van der Waals surface area contributed by atoms with Crippen LogP contribution in [0.5, 0.6) is 5.75 Å². The number of hydrogen-bond acceptors (Lipinski definition) is 4. The van der Waals surface area contributed by atoms with Crippen molar-refractivity contribution in [2.75, 3.05) is 11.4 Å². The summed E-state index contributed by atoms with van der Waals surface area (Å²) in [6.45, 7) is 1.89. The van der Waals surface area contributed by atoms with E-state index >= 15 is 0 Å². The van der Waals surface area contributed by atoms with E-state index in [1.54, 1.807) is 24.3 Å². The van der Waals surface area contributed by atoms with Crippen molar-refractivity contribution in [3.63, 3.8) is 0 Å². The molecule has 0 heterocycles. The van der Waals surface area contributed by atoms with Crippen molar-refractivity contribution < 1.29 is 23.4 Å². The highest BCUT2D eigenvalue weighted by Gasteiger charge is 2.23. The zero-order chi connectivity index (χ0) is 16.3. The van der Waals surface area contributed by atoms with E-state index in [2.05, 4.69) is 4.74 Å². The van der Waals surface area contributed by atoms with Crippen molar-refractivity contribution in [3.05, 3.63) is 53.6 Å². The molecule has 2 aromatic carbocycles. The first-order valence-corrected chi connectivity index (χ1v) is 7.39. The molecule has 1 atom stereocenters. The highest BCUT2D eigenvalue weighted by Crippen LogP contribution is 2.32. The predicted octanol–water partition coefficient (Wildman–Crippen LogP) is 2.76. The lowest BCUT2D eigenvalue weighted by Crippen LogP contribution is -2.22. The number of nitrogens with zero attached hydrogens (tertiary/aromatic N) is 1. The fraction of sp³-hybridized carbons (Fsp3) is 0.133. The molecule has 0 saturated heterocycles. The van der Waals surface area contributed by atoms with Crippen molar-refractivity contribution in [1.29, 1.82) is 0 Å². The standard InChI is InChI=1S/C15H15NO5S/c1-10-3-5-11(6-4-10)16(22(19)20)14-8-7-12(17)9-13(14)15(18)21-2/h3-9,17H,1-2H3,(H,19,20). The molecule has 22 heavy (non-hydrogen) atoms. The van der Waals surface area contributed by atoms with Crippen molar-refractivity contribution in [3.8, 4) is 5.75 Å². The molecule has 6 nitrogen and oxygen atoms in total. The van der Waals surface area contributed by atoms with Crippen LogP contribution in [0.25, 0.3) is 0 Å². The van der Waals surface area contributed by atoms with E-state index in [9.17, 15) is 18.7 Å². The zero-order valence-corrected chi connectivity index (χ0v) is 12.8. The molecule has 2 aromatic rings. The topological polar surface area (TPSA) is 87.1 Å². The fourth-order valence-corrected chi connectivity index (χ4v) is 2.60. The van der Waals surface area contributed by atoms with E-state index in [1.807, 2.05) is 6.92 Å². The SMILES string of the molecule is COC(=O)c1cc(O)ccc1N(c1ccc(C)cc1)S(=O)O. The number of aryl methyl sites for hydroxylation is 1. The van der Waals surface area contributed by atoms with Crippen LogP contribution in [0.15, 0.2) is 42.5 Å². The van der Waals surface area contributed by atoms with E-state index in [0.29, 0.717) is 5.69 Å². The maximum atomic E-state index is 11.9. The Morgan fingerprint density at radius 1 is 1.18 bits per heavy atom. The Bertz CT molecular complexity index is 714. The zero-order valence-electron chi connectivity index (χ0n) is 12.0. The smallest absolute Gasteiger partial charge is 0.340 e. The summed E-state index contributed by atoms with van der Waals surface area (Å²) in [5.41, 5.74) is 1.58. The largest absolute Gasteiger partial charge is 0.508 e. The number of methoxy groups -OCH3 is 1. The predicted molar refractivity (Wildman–Crippen MR) is 83.5 cm³/mol. The van der Waals surface area contributed by atoms with Crippen LogP contribution in [0.1, 0.15) is 15.9 Å². The van der Waals surface area contributed by atoms with E-state index in [4.69, 9.17) is 0 Å². The third-order valence-corrected chi connectivity index (χ3v) is 3.75. The number of phenols is 1. The molecule has 2 N–H and O–H groups in total. The van der Waals surface area contributed by atoms with Crippen LogP contribution < -0.4 is 4.31 Å². The van der Waals surface area contributed by atoms with Crippen LogP contribution in [-0.2, 0) is 16.0 Å². The second kappa shape index (κ2) is 6.59. The third kappa shape index (κ3) is 3.26. The molecule has 0 aliphatic heterocycles. The third-order valence-electron chi connectivity index (χ3n) is 3.03. The van der Waals surface area contributed by atoms with Gasteiger partial charge >= 0.3 is 5.97 Å². The molecular formula is C15H15NO5S. The molecule has 7 heteroatoms. The van der Waals surface area contributed by atoms with E-state index in [-0.39, 0.29) is 17.0 Å². The minimum atomic E-state index is -2.40. The Kier molecular flexibility index (Phi) is 4.79. The van der Waals surface area contributed by atoms with E-state index < -0.39 is 17.2 Å². The van der Waals surface area contributed by atoms with Gasteiger partial charge in [0.1, 0.15) is 5.75 Å². The van der Waals surface area contributed by atoms with Crippen molar-refractivity contribution in [2.45, 2.75) is 6.92 Å². The molecule has 2 rings (SSSR count). The Morgan fingerprint density at radius 2 is 1.82 bits per heavy atom. The van der Waals surface area contributed by atoms with Gasteiger partial charge in [0.25, 0.3) is 11.3 Å². The first-order chi connectivity index (χ1) is 10.4. The van der Waals surface area contributed by atoms with Gasteiger partial charge in [-0.25, -0.2) is 13.3 Å². The number of carbonyl (C=O) groups is 1. The Labute approximate surface area is 130 Å². The molecule has 1 unspecified atom stereocenters. The highest BCUT2D eigenvalue weighted by atomic mass is 32.2. The maximum absolute atomic E-state index is 11.9. The number of esters is 1. The van der Waals surface area contributed by atoms with Gasteiger partial charge < -0.3 is 9.84 Å². The number of anilines is 2. The molecule has 0 aromatic heterocycles. The van der Waals surface area contributed by atoms with Gasteiger partial charge in [-0.1, -0.05) is 17.7 Å². The van der Waals surface area contributed by atoms with Crippen LogP contribution in [0, 0.1) is 6.92 Å². The summed E-state index contributed by atoms with van der Waals surface area (Å²) in [5, 5.41) is 9.54. The first kappa shape index (κ1) is 16.0. The van der Waals surface area contributed by atoms with Gasteiger partial charge in [-0.3, -0.25) is 4.55 Å². The molecule has 0 aliphatic rings. The first-order valence-electron chi connectivity index (χ1n) is 6.33. The lowest BCUT2D eigenvalue weighted by molar-refractivity contribution is 0.0601. The average molecular weight is 321 g/mol. The van der Waals surface area contributed by atoms with Gasteiger partial charge in [0.05, 0.1) is 24.0 Å². The Balaban J connectivity index is 2.61. The van der Waals surface area contributed by atoms with Crippen molar-refractivity contribution >= 4 is 28.6 Å². The molecule has 0 spiro atoms. The fourth-order valence-electron chi connectivity index (χ4n) is 1.97. The molecule has 0 aliphatic carbocycles. The van der Waals surface area contributed by atoms with Crippen LogP contribution >= 0.6 is 0 Å². The molecule has 0 radical (unpaired) electrons. The monoisotopic (exact) mass is 321 g/mol. The minimum absolute atomic E-state index is 0.00882. The Morgan fingerprint density at radius 3 is 2.36 bits per heavy atom. The van der Waals surface area contributed by atoms with Gasteiger partial charge in [-0.05, 0) is 37.3 Å². The summed E-state index contributed by atoms with van der Waals surface area (Å²) in [4.78, 5) is 11.9. The van der Waals surface area contributed by atoms with Crippen LogP contribution in [0.2, 0.25) is 0 Å². The second-order valence-corrected chi connectivity index (χ2v) is 5.38. The average Bonchev–Trinajstić information content (AvgIpc) is 2.49. The summed E-state index contributed by atoms with van der Waals surface area (Å²) in [5.74, 6) is -0.856. The van der Waals surface area contributed by atoms with Crippen LogP contribution in [0.4, 0.5) is 11.4 Å². The summed E-state index contributed by atoms with van der Waals surface area (Å²) >= 11 is -2.40. The van der Waals surface area contributed by atoms with Crippen LogP contribution in [-0.4, -0.2) is 26.9 Å². The Hall–Kier alpha value is -2.38. The molecule has 0 amide bonds.